The Balaban J connectivity index is 1.46. The van der Waals surface area contributed by atoms with Gasteiger partial charge in [-0.25, -0.2) is 0 Å². The SMILES string of the molecule is COc1ccc(/C=C2\Oc3c(ccc4c3[C@H](c3cc(Br)cc5c3OCOC5)CC(=O)O4)C2=O)cc1. The van der Waals surface area contributed by atoms with E-state index in [1.165, 1.54) is 0 Å². The number of benzene rings is 3. The van der Waals surface area contributed by atoms with Gasteiger partial charge in [0.25, 0.3) is 0 Å². The van der Waals surface area contributed by atoms with Gasteiger partial charge in [0.05, 0.1) is 25.7 Å². The summed E-state index contributed by atoms with van der Waals surface area (Å²) in [6, 6.07) is 14.5. The van der Waals surface area contributed by atoms with Crippen LogP contribution in [0, 0.1) is 0 Å². The number of rotatable bonds is 3. The summed E-state index contributed by atoms with van der Waals surface area (Å²) in [5.74, 6) is 1.39. The van der Waals surface area contributed by atoms with Gasteiger partial charge in [-0.15, -0.1) is 0 Å². The number of ether oxygens (including phenoxy) is 5. The van der Waals surface area contributed by atoms with E-state index in [1.807, 2.05) is 36.4 Å². The zero-order valence-electron chi connectivity index (χ0n) is 18.6. The van der Waals surface area contributed by atoms with Crippen LogP contribution in [0.15, 0.2) is 58.8 Å². The van der Waals surface area contributed by atoms with Crippen molar-refractivity contribution < 1.29 is 33.3 Å². The summed E-state index contributed by atoms with van der Waals surface area (Å²) in [6.07, 6.45) is 1.78. The highest BCUT2D eigenvalue weighted by atomic mass is 79.9. The molecule has 8 heteroatoms. The van der Waals surface area contributed by atoms with Crippen LogP contribution in [-0.2, 0) is 16.1 Å². The molecule has 0 fully saturated rings. The van der Waals surface area contributed by atoms with Crippen LogP contribution in [0.1, 0.15) is 45.0 Å². The quantitative estimate of drug-likeness (QED) is 0.253. The lowest BCUT2D eigenvalue weighted by molar-refractivity contribution is -0.135. The zero-order valence-corrected chi connectivity index (χ0v) is 20.2. The van der Waals surface area contributed by atoms with Crippen LogP contribution < -0.4 is 18.9 Å². The molecule has 0 amide bonds. The van der Waals surface area contributed by atoms with E-state index in [-0.39, 0.29) is 30.7 Å². The predicted octanol–water partition coefficient (Wildman–Crippen LogP) is 5.38. The van der Waals surface area contributed by atoms with E-state index < -0.39 is 5.92 Å². The largest absolute Gasteiger partial charge is 0.497 e. The van der Waals surface area contributed by atoms with E-state index in [9.17, 15) is 9.59 Å². The molecule has 3 heterocycles. The fourth-order valence-electron chi connectivity index (χ4n) is 4.69. The number of carbonyl (C=O) groups is 2. The highest BCUT2D eigenvalue weighted by Gasteiger charge is 2.40. The van der Waals surface area contributed by atoms with Crippen molar-refractivity contribution in [2.45, 2.75) is 18.9 Å². The van der Waals surface area contributed by atoms with E-state index >= 15 is 0 Å². The third-order valence-corrected chi connectivity index (χ3v) is 6.73. The number of fused-ring (bicyclic) bond motifs is 4. The molecule has 0 saturated carbocycles. The minimum absolute atomic E-state index is 0.0889. The Kier molecular flexibility index (Phi) is 5.35. The summed E-state index contributed by atoms with van der Waals surface area (Å²) in [7, 11) is 1.60. The Hall–Kier alpha value is -3.62. The highest BCUT2D eigenvalue weighted by molar-refractivity contribution is 9.10. The van der Waals surface area contributed by atoms with Gasteiger partial charge >= 0.3 is 5.97 Å². The van der Waals surface area contributed by atoms with Crippen LogP contribution in [0.4, 0.5) is 0 Å². The fourth-order valence-corrected chi connectivity index (χ4v) is 5.21. The molecule has 6 rings (SSSR count). The fraction of sp³-hybridized carbons (Fsp3) is 0.185. The molecule has 35 heavy (non-hydrogen) atoms. The van der Waals surface area contributed by atoms with Gasteiger partial charge in [0.1, 0.15) is 23.0 Å². The van der Waals surface area contributed by atoms with E-state index in [0.29, 0.717) is 35.0 Å². The van der Waals surface area contributed by atoms with Gasteiger partial charge in [-0.3, -0.25) is 9.59 Å². The van der Waals surface area contributed by atoms with Gasteiger partial charge in [-0.2, -0.15) is 0 Å². The van der Waals surface area contributed by atoms with Crippen molar-refractivity contribution in [3.8, 4) is 23.0 Å². The lowest BCUT2D eigenvalue weighted by atomic mass is 9.83. The maximum absolute atomic E-state index is 13.2. The van der Waals surface area contributed by atoms with Crippen molar-refractivity contribution in [2.24, 2.45) is 0 Å². The van der Waals surface area contributed by atoms with Crippen molar-refractivity contribution in [2.75, 3.05) is 13.9 Å². The number of hydrogen-bond donors (Lipinski definition) is 0. The Labute approximate surface area is 209 Å². The van der Waals surface area contributed by atoms with E-state index in [0.717, 1.165) is 26.9 Å². The van der Waals surface area contributed by atoms with Crippen LogP contribution >= 0.6 is 15.9 Å². The lowest BCUT2D eigenvalue weighted by Crippen LogP contribution is -2.23. The number of methoxy groups -OCH3 is 1. The average molecular weight is 535 g/mol. The van der Waals surface area contributed by atoms with Crippen molar-refractivity contribution in [3.63, 3.8) is 0 Å². The third-order valence-electron chi connectivity index (χ3n) is 6.27. The normalized spacial score (nSPS) is 19.3. The molecule has 0 aliphatic carbocycles. The molecule has 3 aromatic carbocycles. The molecule has 0 radical (unpaired) electrons. The number of esters is 1. The van der Waals surface area contributed by atoms with Gasteiger partial charge in [0, 0.05) is 27.1 Å². The topological polar surface area (TPSA) is 80.3 Å². The number of halogens is 1. The van der Waals surface area contributed by atoms with Crippen molar-refractivity contribution in [3.05, 3.63) is 86.6 Å². The first kappa shape index (κ1) is 21.9. The first-order valence-corrected chi connectivity index (χ1v) is 11.8. The minimum atomic E-state index is -0.418. The number of Topliss-reactive ketones (excluding diaryl/α,β-unsaturated/α-hetero) is 1. The summed E-state index contributed by atoms with van der Waals surface area (Å²) in [4.78, 5) is 25.8. The second kappa shape index (κ2) is 8.55. The lowest BCUT2D eigenvalue weighted by Gasteiger charge is -2.29. The third kappa shape index (κ3) is 3.79. The Morgan fingerprint density at radius 3 is 2.66 bits per heavy atom. The van der Waals surface area contributed by atoms with Gasteiger partial charge in [0.15, 0.2) is 12.6 Å². The molecule has 3 aromatic rings. The molecular formula is C27H19BrO7. The van der Waals surface area contributed by atoms with Crippen LogP contribution in [0.25, 0.3) is 6.08 Å². The first-order valence-electron chi connectivity index (χ1n) is 11.0. The molecule has 7 nitrogen and oxygen atoms in total. The van der Waals surface area contributed by atoms with E-state index in [1.54, 1.807) is 25.3 Å². The number of carbonyl (C=O) groups excluding carboxylic acids is 2. The molecule has 0 spiro atoms. The molecular weight excluding hydrogens is 516 g/mol. The molecule has 1 atom stereocenters. The average Bonchev–Trinajstić information content (AvgIpc) is 3.18. The molecule has 3 aliphatic rings. The van der Waals surface area contributed by atoms with Crippen LogP contribution in [0.3, 0.4) is 0 Å². The Morgan fingerprint density at radius 1 is 1.03 bits per heavy atom. The van der Waals surface area contributed by atoms with Gasteiger partial charge in [-0.1, -0.05) is 28.1 Å². The molecule has 0 aromatic heterocycles. The summed E-state index contributed by atoms with van der Waals surface area (Å²) in [6.45, 7) is 0.532. The van der Waals surface area contributed by atoms with Crippen molar-refractivity contribution in [1.29, 1.82) is 0 Å². The molecule has 0 unspecified atom stereocenters. The van der Waals surface area contributed by atoms with Crippen LogP contribution in [0.2, 0.25) is 0 Å². The smallest absolute Gasteiger partial charge is 0.312 e. The highest BCUT2D eigenvalue weighted by Crippen LogP contribution is 2.51. The second-order valence-corrected chi connectivity index (χ2v) is 9.31. The summed E-state index contributed by atoms with van der Waals surface area (Å²) in [5, 5.41) is 0. The monoisotopic (exact) mass is 534 g/mol. The molecule has 3 aliphatic heterocycles. The number of hydrogen-bond acceptors (Lipinski definition) is 7. The molecule has 0 N–H and O–H groups in total. The maximum atomic E-state index is 13.2. The maximum Gasteiger partial charge on any atom is 0.312 e. The standard InChI is InChI=1S/C27H19BrO7/c1-31-17-4-2-14(3-5-17)8-22-25(30)18-6-7-21-24(27(18)35-22)19(11-23(29)34-21)20-10-16(28)9-15-12-32-13-33-26(15)20/h2-10,19H,11-13H2,1H3/b22-8-/t19-/m0/s1. The van der Waals surface area contributed by atoms with Crippen molar-refractivity contribution >= 4 is 33.8 Å². The summed E-state index contributed by atoms with van der Waals surface area (Å²) >= 11 is 3.56. The summed E-state index contributed by atoms with van der Waals surface area (Å²) in [5.41, 5.74) is 3.58. The van der Waals surface area contributed by atoms with Crippen LogP contribution in [0.5, 0.6) is 23.0 Å². The zero-order chi connectivity index (χ0) is 24.1. The number of allylic oxidation sites excluding steroid dienone is 1. The van der Waals surface area contributed by atoms with Gasteiger partial charge in [0.2, 0.25) is 5.78 Å². The van der Waals surface area contributed by atoms with Gasteiger partial charge in [-0.05, 0) is 48.0 Å². The first-order chi connectivity index (χ1) is 17.0. The minimum Gasteiger partial charge on any atom is -0.497 e. The number of ketones is 1. The van der Waals surface area contributed by atoms with E-state index in [2.05, 4.69) is 15.9 Å². The molecule has 0 bridgehead atoms. The van der Waals surface area contributed by atoms with Crippen LogP contribution in [-0.4, -0.2) is 25.7 Å². The molecule has 0 saturated heterocycles. The second-order valence-electron chi connectivity index (χ2n) is 8.39. The molecule has 176 valence electrons. The summed E-state index contributed by atoms with van der Waals surface area (Å²) < 4.78 is 29.0. The Morgan fingerprint density at radius 2 is 1.86 bits per heavy atom. The predicted molar refractivity (Wildman–Crippen MR) is 129 cm³/mol. The van der Waals surface area contributed by atoms with E-state index in [4.69, 9.17) is 23.7 Å². The van der Waals surface area contributed by atoms with Gasteiger partial charge < -0.3 is 23.7 Å². The Bertz CT molecular complexity index is 1410. The van der Waals surface area contributed by atoms with Crippen molar-refractivity contribution in [1.82, 2.24) is 0 Å².